The maximum Gasteiger partial charge on any atom is 0.326 e. The molecule has 176 valence electrons. The summed E-state index contributed by atoms with van der Waals surface area (Å²) in [4.78, 5) is 29.9. The first-order valence-corrected chi connectivity index (χ1v) is 10.7. The van der Waals surface area contributed by atoms with Gasteiger partial charge in [-0.25, -0.2) is 14.2 Å². The minimum absolute atomic E-state index is 0.0764. The Balaban J connectivity index is 1.69. The molecule has 3 N–H and O–H groups in total. The summed E-state index contributed by atoms with van der Waals surface area (Å²) in [5, 5.41) is 12.6. The number of anilines is 3. The fourth-order valence-electron chi connectivity index (χ4n) is 3.64. The number of amides is 2. The Morgan fingerprint density at radius 1 is 1.12 bits per heavy atom. The zero-order valence-electron chi connectivity index (χ0n) is 19.5. The van der Waals surface area contributed by atoms with E-state index in [1.165, 1.54) is 16.7 Å². The predicted octanol–water partition coefficient (Wildman–Crippen LogP) is 4.85. The molecule has 4 rings (SSSR count). The number of hydrogen-bond donors (Lipinski definition) is 3. The number of nitrogens with one attached hydrogen (secondary N) is 3. The quantitative estimate of drug-likeness (QED) is 0.389. The highest BCUT2D eigenvalue weighted by Gasteiger charge is 2.17. The van der Waals surface area contributed by atoms with Crippen LogP contribution in [-0.2, 0) is 7.05 Å². The van der Waals surface area contributed by atoms with E-state index in [-0.39, 0.29) is 23.0 Å². The molecule has 9 nitrogen and oxygen atoms in total. The van der Waals surface area contributed by atoms with Crippen LogP contribution < -0.4 is 21.5 Å². The van der Waals surface area contributed by atoms with Crippen molar-refractivity contribution in [2.24, 2.45) is 7.05 Å². The molecule has 3 aromatic heterocycles. The average Bonchev–Trinajstić information content (AvgIpc) is 3.27. The monoisotopic (exact) mass is 464 g/mol. The van der Waals surface area contributed by atoms with Gasteiger partial charge in [-0.1, -0.05) is 19.0 Å². The molecular formula is C24H25FN6O3. The van der Waals surface area contributed by atoms with Crippen LogP contribution in [0, 0.1) is 12.7 Å². The summed E-state index contributed by atoms with van der Waals surface area (Å²) in [6.07, 6.45) is 1.67. The second-order valence-electron chi connectivity index (χ2n) is 8.30. The summed E-state index contributed by atoms with van der Waals surface area (Å²) in [6.45, 7) is 5.59. The van der Waals surface area contributed by atoms with Gasteiger partial charge in [0.1, 0.15) is 11.6 Å². The van der Waals surface area contributed by atoms with Crippen molar-refractivity contribution in [3.8, 4) is 11.1 Å². The summed E-state index contributed by atoms with van der Waals surface area (Å²) >= 11 is 0. The normalized spacial score (nSPS) is 11.1. The smallest absolute Gasteiger partial charge is 0.326 e. The molecule has 2 amide bonds. The number of carbonyl (C=O) groups is 1. The molecular weight excluding hydrogens is 439 g/mol. The third kappa shape index (κ3) is 4.34. The predicted molar refractivity (Wildman–Crippen MR) is 130 cm³/mol. The standard InChI is InChI=1S/C24H25FN6O3/c1-12(2)18-9-22(34-30-18)29-24(33)28-19-8-15(13(3)6-17(19)25)16-7-14-11-27-21(26-4)10-20(14)31(5)23(16)32/h6-12H,1-5H3,(H,26,27)(H2,28,29,33). The summed E-state index contributed by atoms with van der Waals surface area (Å²) < 4.78 is 21.3. The van der Waals surface area contributed by atoms with E-state index in [1.54, 1.807) is 45.4 Å². The first-order valence-electron chi connectivity index (χ1n) is 10.7. The zero-order chi connectivity index (χ0) is 24.6. The number of carbonyl (C=O) groups excluding carboxylic acids is 1. The molecule has 0 saturated heterocycles. The van der Waals surface area contributed by atoms with Gasteiger partial charge in [0.25, 0.3) is 5.56 Å². The van der Waals surface area contributed by atoms with Gasteiger partial charge in [-0.3, -0.25) is 10.1 Å². The van der Waals surface area contributed by atoms with Crippen molar-refractivity contribution in [1.82, 2.24) is 14.7 Å². The van der Waals surface area contributed by atoms with E-state index >= 15 is 0 Å². The second kappa shape index (κ2) is 8.97. The largest absolute Gasteiger partial charge is 0.373 e. The zero-order valence-corrected chi connectivity index (χ0v) is 19.5. The van der Waals surface area contributed by atoms with Crippen LogP contribution in [0.25, 0.3) is 22.0 Å². The van der Waals surface area contributed by atoms with E-state index < -0.39 is 11.8 Å². The van der Waals surface area contributed by atoms with Gasteiger partial charge in [0, 0.05) is 43.4 Å². The van der Waals surface area contributed by atoms with Crippen molar-refractivity contribution in [2.75, 3.05) is 23.0 Å². The molecule has 4 aromatic rings. The Kier molecular flexibility index (Phi) is 6.06. The number of aryl methyl sites for hydroxylation is 2. The summed E-state index contributed by atoms with van der Waals surface area (Å²) in [7, 11) is 3.42. The van der Waals surface area contributed by atoms with Crippen LogP contribution in [0.1, 0.15) is 31.0 Å². The summed E-state index contributed by atoms with van der Waals surface area (Å²) in [5.74, 6) is 0.280. The molecule has 1 aromatic carbocycles. The molecule has 10 heteroatoms. The number of hydrogen-bond acceptors (Lipinski definition) is 6. The molecule has 0 atom stereocenters. The van der Waals surface area contributed by atoms with Crippen molar-refractivity contribution in [3.63, 3.8) is 0 Å². The summed E-state index contributed by atoms with van der Waals surface area (Å²) in [5.41, 5.74) is 2.48. The maximum absolute atomic E-state index is 14.7. The van der Waals surface area contributed by atoms with Crippen LogP contribution in [0.5, 0.6) is 0 Å². The van der Waals surface area contributed by atoms with Gasteiger partial charge in [-0.15, -0.1) is 0 Å². The lowest BCUT2D eigenvalue weighted by Crippen LogP contribution is -2.21. The molecule has 0 aliphatic heterocycles. The van der Waals surface area contributed by atoms with Crippen molar-refractivity contribution in [3.05, 3.63) is 64.0 Å². The molecule has 0 radical (unpaired) electrons. The van der Waals surface area contributed by atoms with Crippen molar-refractivity contribution in [2.45, 2.75) is 26.7 Å². The molecule has 0 aliphatic carbocycles. The molecule has 34 heavy (non-hydrogen) atoms. The molecule has 0 saturated carbocycles. The molecule has 0 fully saturated rings. The van der Waals surface area contributed by atoms with E-state index in [0.717, 1.165) is 5.39 Å². The fraction of sp³-hybridized carbons (Fsp3) is 0.250. The van der Waals surface area contributed by atoms with Crippen LogP contribution >= 0.6 is 0 Å². The minimum atomic E-state index is -0.699. The minimum Gasteiger partial charge on any atom is -0.373 e. The number of urea groups is 1. The lowest BCUT2D eigenvalue weighted by atomic mass is 9.99. The van der Waals surface area contributed by atoms with E-state index in [9.17, 15) is 14.0 Å². The van der Waals surface area contributed by atoms with Gasteiger partial charge in [0.15, 0.2) is 0 Å². The van der Waals surface area contributed by atoms with E-state index in [4.69, 9.17) is 4.52 Å². The highest BCUT2D eigenvalue weighted by molar-refractivity contribution is 5.99. The molecule has 0 aliphatic rings. The SMILES string of the molecule is CNc1cc2c(cn1)cc(-c1cc(NC(=O)Nc3cc(C(C)C)no3)c(F)cc1C)c(=O)n2C. The highest BCUT2D eigenvalue weighted by Crippen LogP contribution is 2.29. The Bertz CT molecular complexity index is 1460. The first kappa shape index (κ1) is 23.0. The van der Waals surface area contributed by atoms with Crippen molar-refractivity contribution in [1.29, 1.82) is 0 Å². The Hall–Kier alpha value is -4.21. The van der Waals surface area contributed by atoms with E-state index in [1.807, 2.05) is 13.8 Å². The number of benzene rings is 1. The third-order valence-electron chi connectivity index (χ3n) is 5.57. The summed E-state index contributed by atoms with van der Waals surface area (Å²) in [6, 6.07) is 7.13. The highest BCUT2D eigenvalue weighted by atomic mass is 19.1. The maximum atomic E-state index is 14.7. The van der Waals surface area contributed by atoms with Gasteiger partial charge >= 0.3 is 6.03 Å². The molecule has 0 spiro atoms. The van der Waals surface area contributed by atoms with Crippen molar-refractivity contribution >= 4 is 34.3 Å². The second-order valence-corrected chi connectivity index (χ2v) is 8.30. The lowest BCUT2D eigenvalue weighted by Gasteiger charge is -2.14. The van der Waals surface area contributed by atoms with Gasteiger partial charge < -0.3 is 19.7 Å². The number of halogens is 1. The number of pyridine rings is 2. The van der Waals surface area contributed by atoms with Crippen LogP contribution in [0.4, 0.5) is 26.6 Å². The van der Waals surface area contributed by atoms with Crippen LogP contribution in [0.2, 0.25) is 0 Å². The first-order chi connectivity index (χ1) is 16.2. The van der Waals surface area contributed by atoms with Crippen molar-refractivity contribution < 1.29 is 13.7 Å². The van der Waals surface area contributed by atoms with Crippen LogP contribution in [0.15, 0.2) is 45.8 Å². The van der Waals surface area contributed by atoms with E-state index in [2.05, 4.69) is 26.1 Å². The third-order valence-corrected chi connectivity index (χ3v) is 5.57. The van der Waals surface area contributed by atoms with Crippen LogP contribution in [0.3, 0.4) is 0 Å². The Morgan fingerprint density at radius 3 is 2.56 bits per heavy atom. The number of nitrogens with zero attached hydrogens (tertiary/aromatic N) is 3. The topological polar surface area (TPSA) is 114 Å². The molecule has 0 unspecified atom stereocenters. The number of fused-ring (bicyclic) bond motifs is 1. The Labute approximate surface area is 195 Å². The number of aromatic nitrogens is 3. The Morgan fingerprint density at radius 2 is 1.88 bits per heavy atom. The van der Waals surface area contributed by atoms with Gasteiger partial charge in [-0.05, 0) is 42.2 Å². The lowest BCUT2D eigenvalue weighted by molar-refractivity contribution is 0.261. The molecule has 0 bridgehead atoms. The fourth-order valence-corrected chi connectivity index (χ4v) is 3.64. The van der Waals surface area contributed by atoms with Gasteiger partial charge in [-0.2, -0.15) is 0 Å². The van der Waals surface area contributed by atoms with Crippen LogP contribution in [-0.4, -0.2) is 27.8 Å². The number of rotatable bonds is 5. The average molecular weight is 465 g/mol. The van der Waals surface area contributed by atoms with E-state index in [0.29, 0.717) is 33.7 Å². The molecule has 3 heterocycles. The van der Waals surface area contributed by atoms with Gasteiger partial charge in [0.2, 0.25) is 5.88 Å². The van der Waals surface area contributed by atoms with Gasteiger partial charge in [0.05, 0.1) is 16.9 Å².